The molecule has 0 amide bonds. The fourth-order valence-corrected chi connectivity index (χ4v) is 2.49. The van der Waals surface area contributed by atoms with Crippen molar-refractivity contribution in [3.05, 3.63) is 39.7 Å². The summed E-state index contributed by atoms with van der Waals surface area (Å²) in [7, 11) is 0. The highest BCUT2D eigenvalue weighted by atomic mass is 16.4. The van der Waals surface area contributed by atoms with Crippen LogP contribution in [-0.2, 0) is 6.54 Å². The predicted molar refractivity (Wildman–Crippen MR) is 78.9 cm³/mol. The van der Waals surface area contributed by atoms with Gasteiger partial charge in [0.15, 0.2) is 0 Å². The Morgan fingerprint density at radius 2 is 2.15 bits per heavy atom. The zero-order valence-corrected chi connectivity index (χ0v) is 12.3. The van der Waals surface area contributed by atoms with Gasteiger partial charge >= 0.3 is 5.63 Å². The van der Waals surface area contributed by atoms with Crippen molar-refractivity contribution in [3.8, 4) is 5.75 Å². The largest absolute Gasteiger partial charge is 0.508 e. The van der Waals surface area contributed by atoms with E-state index in [1.165, 1.54) is 0 Å². The number of nitrogens with two attached hydrogens (primary N) is 1. The molecule has 0 saturated carbocycles. The van der Waals surface area contributed by atoms with Gasteiger partial charge in [0.1, 0.15) is 17.9 Å². The molecule has 0 aliphatic rings. The Morgan fingerprint density at radius 3 is 2.85 bits per heavy atom. The number of aromatic hydroxyl groups is 1. The molecule has 108 valence electrons. The molecule has 0 unspecified atom stereocenters. The van der Waals surface area contributed by atoms with E-state index in [4.69, 9.17) is 4.42 Å². The van der Waals surface area contributed by atoms with E-state index in [2.05, 4.69) is 19.2 Å². The van der Waals surface area contributed by atoms with E-state index in [0.29, 0.717) is 17.2 Å². The fourth-order valence-electron chi connectivity index (χ4n) is 2.49. The van der Waals surface area contributed by atoms with E-state index in [0.717, 1.165) is 30.3 Å². The van der Waals surface area contributed by atoms with Crippen LogP contribution in [0.3, 0.4) is 0 Å². The normalized spacial score (nSPS) is 12.8. The van der Waals surface area contributed by atoms with E-state index in [-0.39, 0.29) is 11.4 Å². The highest BCUT2D eigenvalue weighted by molar-refractivity contribution is 5.84. The topological polar surface area (TPSA) is 67.0 Å². The molecule has 4 nitrogen and oxygen atoms in total. The summed E-state index contributed by atoms with van der Waals surface area (Å²) in [6.45, 7) is 6.86. The highest BCUT2D eigenvalue weighted by Crippen LogP contribution is 2.26. The summed E-state index contributed by atoms with van der Waals surface area (Å²) in [5.41, 5.74) is 1.70. The summed E-state index contributed by atoms with van der Waals surface area (Å²) in [5, 5.41) is 12.9. The summed E-state index contributed by atoms with van der Waals surface area (Å²) >= 11 is 0. The van der Waals surface area contributed by atoms with E-state index < -0.39 is 0 Å². The maximum absolute atomic E-state index is 11.7. The van der Waals surface area contributed by atoms with Crippen LogP contribution in [0.2, 0.25) is 0 Å². The Labute approximate surface area is 118 Å². The van der Waals surface area contributed by atoms with E-state index in [1.54, 1.807) is 19.1 Å². The molecule has 3 N–H and O–H groups in total. The summed E-state index contributed by atoms with van der Waals surface area (Å²) in [6, 6.07) is 5.54. The van der Waals surface area contributed by atoms with Gasteiger partial charge in [-0.1, -0.05) is 13.3 Å². The second kappa shape index (κ2) is 6.09. The van der Waals surface area contributed by atoms with E-state index >= 15 is 0 Å². The van der Waals surface area contributed by atoms with Crippen LogP contribution in [0, 0.1) is 6.92 Å². The Hall–Kier alpha value is -1.81. The maximum Gasteiger partial charge on any atom is 0.336 e. The van der Waals surface area contributed by atoms with Crippen LogP contribution in [0.4, 0.5) is 0 Å². The minimum Gasteiger partial charge on any atom is -0.508 e. The lowest BCUT2D eigenvalue weighted by molar-refractivity contribution is -0.701. The van der Waals surface area contributed by atoms with Crippen LogP contribution in [0.1, 0.15) is 37.8 Å². The lowest BCUT2D eigenvalue weighted by atomic mass is 10.1. The third-order valence-electron chi connectivity index (χ3n) is 3.70. The molecule has 0 bridgehead atoms. The van der Waals surface area contributed by atoms with Crippen LogP contribution >= 0.6 is 0 Å². The van der Waals surface area contributed by atoms with E-state index in [9.17, 15) is 9.90 Å². The summed E-state index contributed by atoms with van der Waals surface area (Å²) < 4.78 is 5.24. The van der Waals surface area contributed by atoms with Crippen molar-refractivity contribution >= 4 is 11.0 Å². The summed E-state index contributed by atoms with van der Waals surface area (Å²) in [4.78, 5) is 11.7. The first-order valence-electron chi connectivity index (χ1n) is 7.11. The molecule has 1 aromatic carbocycles. The van der Waals surface area contributed by atoms with Gasteiger partial charge in [-0.3, -0.25) is 0 Å². The maximum atomic E-state index is 11.7. The molecule has 0 fully saturated rings. The number of benzene rings is 1. The average Bonchev–Trinajstić information content (AvgIpc) is 2.41. The first kappa shape index (κ1) is 14.6. The Balaban J connectivity index is 2.38. The molecule has 0 aliphatic heterocycles. The van der Waals surface area contributed by atoms with Crippen molar-refractivity contribution in [2.24, 2.45) is 0 Å². The zero-order chi connectivity index (χ0) is 14.7. The number of phenolic OH excluding ortho intramolecular Hbond substituents is 1. The third kappa shape index (κ3) is 3.02. The van der Waals surface area contributed by atoms with Crippen LogP contribution in [0.5, 0.6) is 5.75 Å². The number of phenols is 1. The van der Waals surface area contributed by atoms with Gasteiger partial charge in [0.05, 0.1) is 6.04 Å². The molecule has 1 heterocycles. The molecular formula is C16H22NO3+. The second-order valence-corrected chi connectivity index (χ2v) is 5.38. The number of hydrogen-bond donors (Lipinski definition) is 2. The van der Waals surface area contributed by atoms with Crippen molar-refractivity contribution in [2.75, 3.05) is 0 Å². The lowest BCUT2D eigenvalue weighted by Gasteiger charge is -2.11. The van der Waals surface area contributed by atoms with Crippen molar-refractivity contribution in [1.29, 1.82) is 0 Å². The fraction of sp³-hybridized carbons (Fsp3) is 0.438. The quantitative estimate of drug-likeness (QED) is 0.821. The van der Waals surface area contributed by atoms with Gasteiger partial charge in [0, 0.05) is 22.6 Å². The molecule has 0 saturated heterocycles. The van der Waals surface area contributed by atoms with Gasteiger partial charge in [0.2, 0.25) is 0 Å². The Kier molecular flexibility index (Phi) is 4.45. The van der Waals surface area contributed by atoms with Gasteiger partial charge in [0.25, 0.3) is 0 Å². The molecule has 1 atom stereocenters. The lowest BCUT2D eigenvalue weighted by Crippen LogP contribution is -2.87. The van der Waals surface area contributed by atoms with Gasteiger partial charge in [-0.05, 0) is 32.4 Å². The zero-order valence-electron chi connectivity index (χ0n) is 12.3. The van der Waals surface area contributed by atoms with Crippen molar-refractivity contribution in [3.63, 3.8) is 0 Å². The summed E-state index contributed by atoms with van der Waals surface area (Å²) in [5.74, 6) is 0.154. The van der Waals surface area contributed by atoms with Crippen LogP contribution in [0.25, 0.3) is 11.0 Å². The number of hydrogen-bond acceptors (Lipinski definition) is 3. The van der Waals surface area contributed by atoms with Crippen LogP contribution < -0.4 is 10.9 Å². The SMILES string of the molecule is CCC[C@@H](C)[NH2+]Cc1cc(=O)oc2c(C)c(O)ccc12. The molecule has 0 aliphatic carbocycles. The number of rotatable bonds is 5. The first-order valence-corrected chi connectivity index (χ1v) is 7.11. The first-order chi connectivity index (χ1) is 9.52. The highest BCUT2D eigenvalue weighted by Gasteiger charge is 2.12. The molecule has 1 aromatic heterocycles. The van der Waals surface area contributed by atoms with E-state index in [1.807, 2.05) is 6.07 Å². The number of quaternary nitrogens is 1. The Morgan fingerprint density at radius 1 is 1.40 bits per heavy atom. The van der Waals surface area contributed by atoms with Crippen LogP contribution in [0.15, 0.2) is 27.4 Å². The summed E-state index contributed by atoms with van der Waals surface area (Å²) in [6.07, 6.45) is 2.31. The third-order valence-corrected chi connectivity index (χ3v) is 3.70. The monoisotopic (exact) mass is 276 g/mol. The van der Waals surface area contributed by atoms with Gasteiger partial charge < -0.3 is 14.8 Å². The van der Waals surface area contributed by atoms with Crippen LogP contribution in [-0.4, -0.2) is 11.1 Å². The number of fused-ring (bicyclic) bond motifs is 1. The molecule has 20 heavy (non-hydrogen) atoms. The average molecular weight is 276 g/mol. The Bertz CT molecular complexity index is 661. The molecule has 0 radical (unpaired) electrons. The standard InChI is InChI=1S/C16H21NO3/c1-4-5-10(2)17-9-12-8-15(19)20-16-11(3)14(18)7-6-13(12)16/h6-8,10,17-18H,4-5,9H2,1-3H3/p+1/t10-/m1/s1. The minimum atomic E-state index is -0.363. The molecule has 0 spiro atoms. The second-order valence-electron chi connectivity index (χ2n) is 5.38. The number of aryl methyl sites for hydroxylation is 1. The molecule has 2 rings (SSSR count). The molecular weight excluding hydrogens is 254 g/mol. The predicted octanol–water partition coefficient (Wildman–Crippen LogP) is 2.06. The van der Waals surface area contributed by atoms with Gasteiger partial charge in [-0.2, -0.15) is 0 Å². The van der Waals surface area contributed by atoms with Crippen molar-refractivity contribution in [2.45, 2.75) is 46.2 Å². The molecule has 4 heteroatoms. The van der Waals surface area contributed by atoms with Gasteiger partial charge in [-0.25, -0.2) is 4.79 Å². The van der Waals surface area contributed by atoms with Crippen molar-refractivity contribution in [1.82, 2.24) is 0 Å². The smallest absolute Gasteiger partial charge is 0.336 e. The minimum absolute atomic E-state index is 0.154. The van der Waals surface area contributed by atoms with Gasteiger partial charge in [-0.15, -0.1) is 0 Å². The molecule has 2 aromatic rings. The van der Waals surface area contributed by atoms with Crippen molar-refractivity contribution < 1.29 is 14.8 Å².